The molecule has 1 fully saturated rings. The monoisotopic (exact) mass is 400 g/mol. The summed E-state index contributed by atoms with van der Waals surface area (Å²) >= 11 is 0. The number of nitrogens with zero attached hydrogens (tertiary/aromatic N) is 3. The van der Waals surface area contributed by atoms with E-state index in [1.54, 1.807) is 0 Å². The molecule has 28 heavy (non-hydrogen) atoms. The van der Waals surface area contributed by atoms with Crippen molar-refractivity contribution >= 4 is 0 Å². The first-order valence-electron chi connectivity index (χ1n) is 10.4. The lowest BCUT2D eigenvalue weighted by Gasteiger charge is -2.39. The van der Waals surface area contributed by atoms with E-state index in [0.29, 0.717) is 32.0 Å². The zero-order chi connectivity index (χ0) is 20.4. The van der Waals surface area contributed by atoms with Crippen LogP contribution in [0.1, 0.15) is 55.5 Å². The van der Waals surface area contributed by atoms with Gasteiger partial charge in [-0.25, -0.2) is 8.78 Å². The second-order valence-corrected chi connectivity index (χ2v) is 8.59. The first kappa shape index (κ1) is 21.6. The Morgan fingerprint density at radius 2 is 2.07 bits per heavy atom. The number of halogens is 2. The summed E-state index contributed by atoms with van der Waals surface area (Å²) in [6.45, 7) is 4.85. The second kappa shape index (κ2) is 8.73. The maximum Gasteiger partial charge on any atom is 0.272 e. The number of aliphatic hydroxyl groups is 1. The lowest BCUT2D eigenvalue weighted by atomic mass is 9.69. The Balaban J connectivity index is 1.81. The molecular formula is C20H34F2N4O2. The van der Waals surface area contributed by atoms with Gasteiger partial charge in [-0.2, -0.15) is 5.10 Å². The van der Waals surface area contributed by atoms with Crippen LogP contribution in [0.5, 0.6) is 0 Å². The molecule has 0 saturated heterocycles. The van der Waals surface area contributed by atoms with Crippen LogP contribution in [0.4, 0.5) is 8.78 Å². The fraction of sp³-hybridized carbons (Fsp3) is 0.850. The van der Waals surface area contributed by atoms with Gasteiger partial charge in [-0.15, -0.1) is 0 Å². The zero-order valence-electron chi connectivity index (χ0n) is 17.1. The second-order valence-electron chi connectivity index (χ2n) is 8.59. The molecule has 2 heterocycles. The van der Waals surface area contributed by atoms with Gasteiger partial charge in [0.1, 0.15) is 6.54 Å². The first-order chi connectivity index (χ1) is 13.3. The molecule has 3 N–H and O–H groups in total. The van der Waals surface area contributed by atoms with E-state index in [2.05, 4.69) is 10.00 Å². The van der Waals surface area contributed by atoms with E-state index < -0.39 is 5.92 Å². The van der Waals surface area contributed by atoms with E-state index >= 15 is 0 Å². The third-order valence-electron chi connectivity index (χ3n) is 6.31. The topological polar surface area (TPSA) is 76.5 Å². The standard InChI is InChI=1S/C20H34F2N4O2/c1-3-28-14-19(13-27)6-4-15(5-7-19)18-16(11-25(2)9-8-23)24-26-12-20(21,22)10-17(18)26/h15,27H,3-14,23H2,1-2H3. The SMILES string of the molecule is CCOCC1(CO)CCC(c2c(CN(C)CCN)nn3c2CC(F)(F)C3)CC1. The molecule has 0 radical (unpaired) electrons. The number of hydrogen-bond donors (Lipinski definition) is 2. The van der Waals surface area contributed by atoms with Crippen LogP contribution in [-0.4, -0.2) is 65.7 Å². The summed E-state index contributed by atoms with van der Waals surface area (Å²) in [5, 5.41) is 14.5. The van der Waals surface area contributed by atoms with Gasteiger partial charge in [-0.1, -0.05) is 0 Å². The van der Waals surface area contributed by atoms with Gasteiger partial charge >= 0.3 is 0 Å². The van der Waals surface area contributed by atoms with Crippen LogP contribution >= 0.6 is 0 Å². The normalized spacial score (nSPS) is 26.8. The fourth-order valence-corrected chi connectivity index (χ4v) is 4.73. The number of alkyl halides is 2. The Hall–Kier alpha value is -1.09. The smallest absolute Gasteiger partial charge is 0.272 e. The minimum Gasteiger partial charge on any atom is -0.396 e. The highest BCUT2D eigenvalue weighted by Gasteiger charge is 2.44. The lowest BCUT2D eigenvalue weighted by Crippen LogP contribution is -2.35. The maximum atomic E-state index is 14.0. The van der Waals surface area contributed by atoms with Crippen molar-refractivity contribution in [2.75, 3.05) is 40.0 Å². The van der Waals surface area contributed by atoms with Crippen LogP contribution < -0.4 is 5.73 Å². The van der Waals surface area contributed by atoms with Gasteiger partial charge in [0, 0.05) is 42.9 Å². The van der Waals surface area contributed by atoms with E-state index in [1.807, 2.05) is 14.0 Å². The van der Waals surface area contributed by atoms with Crippen molar-refractivity contribution in [1.29, 1.82) is 0 Å². The molecule has 1 aliphatic carbocycles. The van der Waals surface area contributed by atoms with Crippen molar-refractivity contribution in [2.45, 2.75) is 64.0 Å². The molecule has 8 heteroatoms. The van der Waals surface area contributed by atoms with Gasteiger partial charge in [0.25, 0.3) is 5.92 Å². The number of ether oxygens (including phenoxy) is 1. The highest BCUT2D eigenvalue weighted by atomic mass is 19.3. The van der Waals surface area contributed by atoms with Crippen molar-refractivity contribution in [1.82, 2.24) is 14.7 Å². The fourth-order valence-electron chi connectivity index (χ4n) is 4.73. The van der Waals surface area contributed by atoms with Crippen molar-refractivity contribution in [3.05, 3.63) is 17.0 Å². The third kappa shape index (κ3) is 4.56. The van der Waals surface area contributed by atoms with Gasteiger partial charge in [-0.05, 0) is 45.6 Å². The molecule has 0 amide bonds. The minimum atomic E-state index is -2.71. The Morgan fingerprint density at radius 3 is 2.68 bits per heavy atom. The van der Waals surface area contributed by atoms with Crippen molar-refractivity contribution in [3.8, 4) is 0 Å². The highest BCUT2D eigenvalue weighted by Crippen LogP contribution is 2.46. The van der Waals surface area contributed by atoms with E-state index in [-0.39, 0.29) is 30.9 Å². The van der Waals surface area contributed by atoms with Crippen molar-refractivity contribution in [3.63, 3.8) is 0 Å². The molecular weight excluding hydrogens is 366 g/mol. The zero-order valence-corrected chi connectivity index (χ0v) is 17.1. The van der Waals surface area contributed by atoms with E-state index in [1.165, 1.54) is 4.68 Å². The quantitative estimate of drug-likeness (QED) is 0.664. The molecule has 160 valence electrons. The number of nitrogens with two attached hydrogens (primary N) is 1. The lowest BCUT2D eigenvalue weighted by molar-refractivity contribution is -0.0158. The molecule has 2 aliphatic rings. The molecule has 0 atom stereocenters. The number of hydrogen-bond acceptors (Lipinski definition) is 5. The summed E-state index contributed by atoms with van der Waals surface area (Å²) in [6, 6.07) is 0. The third-order valence-corrected chi connectivity index (χ3v) is 6.31. The number of aromatic nitrogens is 2. The first-order valence-corrected chi connectivity index (χ1v) is 10.4. The predicted octanol–water partition coefficient (Wildman–Crippen LogP) is 2.14. The van der Waals surface area contributed by atoms with Crippen molar-refractivity contribution < 1.29 is 18.6 Å². The summed E-state index contributed by atoms with van der Waals surface area (Å²) in [5.74, 6) is -2.50. The van der Waals surface area contributed by atoms with Crippen molar-refractivity contribution in [2.24, 2.45) is 11.1 Å². The summed E-state index contributed by atoms with van der Waals surface area (Å²) in [4.78, 5) is 2.09. The Kier molecular flexibility index (Phi) is 6.74. The Bertz CT molecular complexity index is 657. The van der Waals surface area contributed by atoms with E-state index in [0.717, 1.165) is 43.5 Å². The van der Waals surface area contributed by atoms with Gasteiger partial charge in [-0.3, -0.25) is 9.58 Å². The molecule has 1 aromatic rings. The summed E-state index contributed by atoms with van der Waals surface area (Å²) in [7, 11) is 1.98. The molecule has 1 aromatic heterocycles. The van der Waals surface area contributed by atoms with E-state index in [4.69, 9.17) is 10.5 Å². The number of rotatable bonds is 9. The van der Waals surface area contributed by atoms with Crippen LogP contribution in [0.2, 0.25) is 0 Å². The van der Waals surface area contributed by atoms with Crippen LogP contribution in [-0.2, 0) is 24.2 Å². The average Bonchev–Trinajstić information content (AvgIpc) is 3.11. The van der Waals surface area contributed by atoms with Gasteiger partial charge in [0.15, 0.2) is 0 Å². The largest absolute Gasteiger partial charge is 0.396 e. The summed E-state index contributed by atoms with van der Waals surface area (Å²) < 4.78 is 35.2. The van der Waals surface area contributed by atoms with Crippen LogP contribution in [0.3, 0.4) is 0 Å². The molecule has 6 nitrogen and oxygen atoms in total. The molecule has 0 spiro atoms. The maximum absolute atomic E-state index is 14.0. The van der Waals surface area contributed by atoms with Gasteiger partial charge in [0.2, 0.25) is 0 Å². The Labute approximate surface area is 166 Å². The summed E-state index contributed by atoms with van der Waals surface area (Å²) in [6.07, 6.45) is 3.19. The molecule has 0 bridgehead atoms. The van der Waals surface area contributed by atoms with Crippen LogP contribution in [0.25, 0.3) is 0 Å². The molecule has 1 aliphatic heterocycles. The number of fused-ring (bicyclic) bond motifs is 1. The molecule has 3 rings (SSSR count). The molecule has 0 unspecified atom stereocenters. The van der Waals surface area contributed by atoms with Crippen LogP contribution in [0.15, 0.2) is 0 Å². The number of likely N-dealkylation sites (N-methyl/N-ethyl adjacent to an activating group) is 1. The summed E-state index contributed by atoms with van der Waals surface area (Å²) in [5.41, 5.74) is 8.08. The Morgan fingerprint density at radius 1 is 1.36 bits per heavy atom. The van der Waals surface area contributed by atoms with Gasteiger partial charge < -0.3 is 15.6 Å². The average molecular weight is 401 g/mol. The van der Waals surface area contributed by atoms with Gasteiger partial charge in [0.05, 0.1) is 25.3 Å². The molecule has 1 saturated carbocycles. The van der Waals surface area contributed by atoms with Crippen LogP contribution in [0, 0.1) is 5.41 Å². The number of aliphatic hydroxyl groups excluding tert-OH is 1. The van der Waals surface area contributed by atoms with E-state index in [9.17, 15) is 13.9 Å². The minimum absolute atomic E-state index is 0.107. The highest BCUT2D eigenvalue weighted by molar-refractivity contribution is 5.34. The predicted molar refractivity (Wildman–Crippen MR) is 103 cm³/mol. The molecule has 0 aromatic carbocycles.